The monoisotopic (exact) mass is 276 g/mol. The molecule has 0 aliphatic heterocycles. The van der Waals surface area contributed by atoms with Crippen molar-refractivity contribution in [2.75, 3.05) is 0 Å². The lowest BCUT2D eigenvalue weighted by molar-refractivity contribution is 0.120. The lowest BCUT2D eigenvalue weighted by Gasteiger charge is -2.40. The third-order valence-electron chi connectivity index (χ3n) is 4.59. The summed E-state index contributed by atoms with van der Waals surface area (Å²) in [6.07, 6.45) is 5.26. The van der Waals surface area contributed by atoms with E-state index in [0.717, 1.165) is 35.9 Å². The van der Waals surface area contributed by atoms with Crippen LogP contribution < -0.4 is 0 Å². The highest BCUT2D eigenvalue weighted by atomic mass is 32.1. The molecule has 0 aromatic carbocycles. The molecule has 1 saturated carbocycles. The number of aryl methyl sites for hydroxylation is 1. The van der Waals surface area contributed by atoms with Crippen LogP contribution in [0.15, 0.2) is 5.38 Å². The topological polar surface area (TPSA) is 36.7 Å². The van der Waals surface area contributed by atoms with Gasteiger partial charge < -0.3 is 0 Å². The minimum absolute atomic E-state index is 0.164. The van der Waals surface area contributed by atoms with Gasteiger partial charge in [0.2, 0.25) is 0 Å². The van der Waals surface area contributed by atoms with Crippen molar-refractivity contribution >= 4 is 11.3 Å². The first kappa shape index (κ1) is 14.5. The van der Waals surface area contributed by atoms with Gasteiger partial charge in [-0.3, -0.25) is 0 Å². The lowest BCUT2D eigenvalue weighted by Crippen LogP contribution is -2.33. The number of hydrogen-bond acceptors (Lipinski definition) is 3. The molecule has 0 atom stereocenters. The maximum absolute atomic E-state index is 9.62. The number of hydrogen-bond donors (Lipinski definition) is 0. The molecule has 2 nitrogen and oxygen atoms in total. The van der Waals surface area contributed by atoms with E-state index in [9.17, 15) is 5.26 Å². The predicted octanol–water partition coefficient (Wildman–Crippen LogP) is 4.74. The Morgan fingerprint density at radius 2 is 2.05 bits per heavy atom. The van der Waals surface area contributed by atoms with Crippen molar-refractivity contribution in [2.24, 2.45) is 16.7 Å². The predicted molar refractivity (Wildman–Crippen MR) is 80.0 cm³/mol. The molecule has 0 N–H and O–H groups in total. The molecule has 0 unspecified atom stereocenters. The van der Waals surface area contributed by atoms with Gasteiger partial charge in [-0.1, -0.05) is 20.8 Å². The minimum atomic E-state index is -0.164. The molecule has 1 aromatic rings. The summed E-state index contributed by atoms with van der Waals surface area (Å²) >= 11 is 1.69. The van der Waals surface area contributed by atoms with Crippen molar-refractivity contribution in [3.05, 3.63) is 16.1 Å². The van der Waals surface area contributed by atoms with E-state index in [1.165, 1.54) is 12.8 Å². The maximum Gasteiger partial charge on any atom is 0.0897 e. The summed E-state index contributed by atoms with van der Waals surface area (Å²) in [6.45, 7) is 8.99. The van der Waals surface area contributed by atoms with Crippen molar-refractivity contribution in [3.63, 3.8) is 0 Å². The Morgan fingerprint density at radius 3 is 2.47 bits per heavy atom. The molecule has 1 aromatic heterocycles. The van der Waals surface area contributed by atoms with E-state index < -0.39 is 0 Å². The van der Waals surface area contributed by atoms with Crippen LogP contribution in [0.25, 0.3) is 0 Å². The lowest BCUT2D eigenvalue weighted by atomic mass is 9.63. The summed E-state index contributed by atoms with van der Waals surface area (Å²) in [5, 5.41) is 12.8. The number of rotatable bonds is 2. The zero-order valence-electron chi connectivity index (χ0n) is 12.5. The van der Waals surface area contributed by atoms with Crippen LogP contribution in [-0.2, 0) is 6.42 Å². The van der Waals surface area contributed by atoms with Crippen molar-refractivity contribution in [3.8, 4) is 6.07 Å². The summed E-state index contributed by atoms with van der Waals surface area (Å²) < 4.78 is 0. The first-order valence-electron chi connectivity index (χ1n) is 7.17. The summed E-state index contributed by atoms with van der Waals surface area (Å²) in [5.41, 5.74) is 1.32. The quantitative estimate of drug-likeness (QED) is 0.782. The van der Waals surface area contributed by atoms with E-state index >= 15 is 0 Å². The normalized spacial score (nSPS) is 28.1. The zero-order chi connectivity index (χ0) is 14.1. The molecule has 1 aliphatic carbocycles. The Labute approximate surface area is 120 Å². The van der Waals surface area contributed by atoms with Gasteiger partial charge in [0.15, 0.2) is 0 Å². The molecule has 1 aliphatic rings. The van der Waals surface area contributed by atoms with E-state index in [1.807, 2.05) is 6.92 Å². The molecule has 0 bridgehead atoms. The van der Waals surface area contributed by atoms with Crippen LogP contribution in [0.4, 0.5) is 0 Å². The molecule has 0 saturated heterocycles. The van der Waals surface area contributed by atoms with Gasteiger partial charge in [-0.2, -0.15) is 5.26 Å². The molecule has 104 valence electrons. The van der Waals surface area contributed by atoms with Crippen LogP contribution in [0, 0.1) is 35.0 Å². The zero-order valence-corrected chi connectivity index (χ0v) is 13.3. The summed E-state index contributed by atoms with van der Waals surface area (Å²) in [7, 11) is 0. The second-order valence-corrected chi connectivity index (χ2v) is 8.13. The fraction of sp³-hybridized carbons (Fsp3) is 0.750. The van der Waals surface area contributed by atoms with Crippen molar-refractivity contribution < 1.29 is 0 Å². The maximum atomic E-state index is 9.62. The van der Waals surface area contributed by atoms with Crippen LogP contribution in [0.2, 0.25) is 0 Å². The molecule has 1 fully saturated rings. The molecule has 3 heteroatoms. The second-order valence-electron chi connectivity index (χ2n) is 7.07. The molecule has 1 heterocycles. The molecule has 2 rings (SSSR count). The molecule has 0 radical (unpaired) electrons. The highest BCUT2D eigenvalue weighted by Crippen LogP contribution is 2.46. The van der Waals surface area contributed by atoms with Gasteiger partial charge in [-0.15, -0.1) is 11.3 Å². The van der Waals surface area contributed by atoms with Crippen molar-refractivity contribution in [1.82, 2.24) is 4.98 Å². The highest BCUT2D eigenvalue weighted by molar-refractivity contribution is 7.09. The fourth-order valence-electron chi connectivity index (χ4n) is 3.20. The van der Waals surface area contributed by atoms with Crippen LogP contribution >= 0.6 is 11.3 Å². The van der Waals surface area contributed by atoms with E-state index in [1.54, 1.807) is 11.3 Å². The number of aromatic nitrogens is 1. The van der Waals surface area contributed by atoms with Gasteiger partial charge >= 0.3 is 0 Å². The van der Waals surface area contributed by atoms with Gasteiger partial charge in [0.25, 0.3) is 0 Å². The molecular weight excluding hydrogens is 252 g/mol. The van der Waals surface area contributed by atoms with Crippen LogP contribution in [0.5, 0.6) is 0 Å². The standard InChI is InChI=1S/C16H24N2S/c1-12-18-14(10-19-12)9-16(11-17)7-5-13(6-8-16)15(2,3)4/h10,13H,5-9H2,1-4H3. The molecular formula is C16H24N2S. The Balaban J connectivity index is 2.04. The minimum Gasteiger partial charge on any atom is -0.247 e. The SMILES string of the molecule is Cc1nc(CC2(C#N)CCC(C(C)(C)C)CC2)cs1. The number of nitrogens with zero attached hydrogens (tertiary/aromatic N) is 2. The Bertz CT molecular complexity index is 468. The molecule has 0 amide bonds. The first-order valence-corrected chi connectivity index (χ1v) is 8.05. The highest BCUT2D eigenvalue weighted by Gasteiger charge is 2.39. The summed E-state index contributed by atoms with van der Waals surface area (Å²) in [6, 6.07) is 2.61. The van der Waals surface area contributed by atoms with Gasteiger partial charge in [-0.25, -0.2) is 4.98 Å². The third-order valence-corrected chi connectivity index (χ3v) is 5.41. The second kappa shape index (κ2) is 5.25. The Hall–Kier alpha value is -0.880. The van der Waals surface area contributed by atoms with Crippen molar-refractivity contribution in [1.29, 1.82) is 5.26 Å². The fourth-order valence-corrected chi connectivity index (χ4v) is 3.81. The first-order chi connectivity index (χ1) is 8.85. The molecule has 0 spiro atoms. The molecule has 19 heavy (non-hydrogen) atoms. The Kier molecular flexibility index (Phi) is 4.01. The van der Waals surface area contributed by atoms with Gasteiger partial charge in [0, 0.05) is 11.8 Å². The largest absolute Gasteiger partial charge is 0.247 e. The van der Waals surface area contributed by atoms with E-state index in [0.29, 0.717) is 5.41 Å². The van der Waals surface area contributed by atoms with Gasteiger partial charge in [0.05, 0.1) is 22.2 Å². The third kappa shape index (κ3) is 3.36. The van der Waals surface area contributed by atoms with Crippen LogP contribution in [0.1, 0.15) is 57.2 Å². The van der Waals surface area contributed by atoms with E-state index in [4.69, 9.17) is 0 Å². The van der Waals surface area contributed by atoms with Gasteiger partial charge in [-0.05, 0) is 43.9 Å². The summed E-state index contributed by atoms with van der Waals surface area (Å²) in [4.78, 5) is 4.53. The van der Waals surface area contributed by atoms with E-state index in [2.05, 4.69) is 37.2 Å². The van der Waals surface area contributed by atoms with Crippen LogP contribution in [-0.4, -0.2) is 4.98 Å². The number of nitriles is 1. The number of thiazole rings is 1. The summed E-state index contributed by atoms with van der Waals surface area (Å²) in [5.74, 6) is 0.756. The smallest absolute Gasteiger partial charge is 0.0897 e. The van der Waals surface area contributed by atoms with E-state index in [-0.39, 0.29) is 5.41 Å². The average Bonchev–Trinajstić information content (AvgIpc) is 2.74. The average molecular weight is 276 g/mol. The van der Waals surface area contributed by atoms with Crippen LogP contribution in [0.3, 0.4) is 0 Å². The van der Waals surface area contributed by atoms with Gasteiger partial charge in [0.1, 0.15) is 0 Å². The Morgan fingerprint density at radius 1 is 1.42 bits per heavy atom. The van der Waals surface area contributed by atoms with Crippen molar-refractivity contribution in [2.45, 2.75) is 59.8 Å².